The number of ether oxygens (including phenoxy) is 1. The van der Waals surface area contributed by atoms with Crippen LogP contribution in [0.1, 0.15) is 48.0 Å². The molecule has 2 aliphatic rings. The van der Waals surface area contributed by atoms with E-state index in [1.54, 1.807) is 25.3 Å². The predicted molar refractivity (Wildman–Crippen MR) is 160 cm³/mol. The Morgan fingerprint density at radius 3 is 2.27 bits per heavy atom. The monoisotopic (exact) mass is 541 g/mol. The Hall–Kier alpha value is -4.04. The minimum atomic E-state index is -0.380. The molecule has 0 atom stereocenters. The van der Waals surface area contributed by atoms with Crippen LogP contribution in [0.2, 0.25) is 0 Å². The van der Waals surface area contributed by atoms with Gasteiger partial charge in [0.25, 0.3) is 5.91 Å². The number of hydrogen-bond acceptors (Lipinski definition) is 5. The lowest BCUT2D eigenvalue weighted by molar-refractivity contribution is 0.0928. The van der Waals surface area contributed by atoms with Crippen molar-refractivity contribution in [2.24, 2.45) is 0 Å². The second kappa shape index (κ2) is 13.3. The van der Waals surface area contributed by atoms with E-state index in [1.807, 2.05) is 30.3 Å². The van der Waals surface area contributed by atoms with Crippen molar-refractivity contribution in [3.63, 3.8) is 0 Å². The number of anilines is 3. The average molecular weight is 542 g/mol. The van der Waals surface area contributed by atoms with Gasteiger partial charge in [0.1, 0.15) is 5.75 Å². The van der Waals surface area contributed by atoms with Gasteiger partial charge in [-0.3, -0.25) is 9.69 Å². The van der Waals surface area contributed by atoms with Crippen molar-refractivity contribution in [1.29, 1.82) is 0 Å². The average Bonchev–Trinajstić information content (AvgIpc) is 2.99. The molecule has 0 aromatic heterocycles. The van der Waals surface area contributed by atoms with Gasteiger partial charge in [-0.25, -0.2) is 4.79 Å². The summed E-state index contributed by atoms with van der Waals surface area (Å²) in [7, 11) is 1.59. The molecule has 1 heterocycles. The number of hydrogen-bond donors (Lipinski definition) is 3. The number of nitrogens with zero attached hydrogens (tertiary/aromatic N) is 2. The Labute approximate surface area is 236 Å². The van der Waals surface area contributed by atoms with E-state index >= 15 is 0 Å². The molecule has 0 spiro atoms. The first kappa shape index (κ1) is 27.5. The molecular weight excluding hydrogens is 502 g/mol. The van der Waals surface area contributed by atoms with Gasteiger partial charge in [-0.1, -0.05) is 55.7 Å². The molecule has 3 aromatic carbocycles. The van der Waals surface area contributed by atoms with E-state index in [-0.39, 0.29) is 18.0 Å². The van der Waals surface area contributed by atoms with E-state index in [0.717, 1.165) is 64.1 Å². The zero-order valence-corrected chi connectivity index (χ0v) is 23.2. The fraction of sp³-hybridized carbons (Fsp3) is 0.375. The summed E-state index contributed by atoms with van der Waals surface area (Å²) in [6, 6.07) is 23.2. The number of carbonyl (C=O) groups is 2. The van der Waals surface area contributed by atoms with Crippen molar-refractivity contribution < 1.29 is 14.3 Å². The quantitative estimate of drug-likeness (QED) is 0.339. The van der Waals surface area contributed by atoms with Crippen LogP contribution in [0.25, 0.3) is 0 Å². The largest absolute Gasteiger partial charge is 0.497 e. The zero-order chi connectivity index (χ0) is 27.7. The van der Waals surface area contributed by atoms with Crippen LogP contribution in [-0.2, 0) is 6.54 Å². The molecule has 1 saturated heterocycles. The van der Waals surface area contributed by atoms with E-state index in [0.29, 0.717) is 22.7 Å². The molecule has 40 heavy (non-hydrogen) atoms. The molecule has 210 valence electrons. The van der Waals surface area contributed by atoms with Gasteiger partial charge >= 0.3 is 6.03 Å². The van der Waals surface area contributed by atoms with Crippen LogP contribution in [0.15, 0.2) is 72.8 Å². The Balaban J connectivity index is 1.29. The molecule has 8 heteroatoms. The van der Waals surface area contributed by atoms with Crippen LogP contribution < -0.4 is 25.6 Å². The molecule has 3 amide bonds. The maximum atomic E-state index is 13.6. The number of piperazine rings is 1. The fourth-order valence-electron chi connectivity index (χ4n) is 5.56. The van der Waals surface area contributed by atoms with Crippen LogP contribution in [0, 0.1) is 0 Å². The number of carbonyl (C=O) groups excluding carboxylic acids is 2. The van der Waals surface area contributed by atoms with Gasteiger partial charge in [-0.15, -0.1) is 0 Å². The SMILES string of the molecule is COc1cccc(NC(=O)Nc2ccc(N3CCN(Cc4ccccc4)CC3)c(C(=O)NC3CCCCC3)c2)c1. The summed E-state index contributed by atoms with van der Waals surface area (Å²) in [5.41, 5.74) is 4.01. The highest BCUT2D eigenvalue weighted by atomic mass is 16.5. The summed E-state index contributed by atoms with van der Waals surface area (Å²) in [4.78, 5) is 31.1. The lowest BCUT2D eigenvalue weighted by atomic mass is 9.95. The van der Waals surface area contributed by atoms with Crippen molar-refractivity contribution in [3.05, 3.63) is 83.9 Å². The normalized spacial score (nSPS) is 16.3. The van der Waals surface area contributed by atoms with Gasteiger partial charge in [-0.2, -0.15) is 0 Å². The van der Waals surface area contributed by atoms with Crippen LogP contribution in [0.3, 0.4) is 0 Å². The fourth-order valence-corrected chi connectivity index (χ4v) is 5.56. The Bertz CT molecular complexity index is 1280. The molecule has 0 radical (unpaired) electrons. The summed E-state index contributed by atoms with van der Waals surface area (Å²) in [5.74, 6) is 0.582. The summed E-state index contributed by atoms with van der Waals surface area (Å²) in [6.45, 7) is 4.43. The molecule has 1 aliphatic heterocycles. The third-order valence-corrected chi connectivity index (χ3v) is 7.73. The first-order chi connectivity index (χ1) is 19.6. The maximum absolute atomic E-state index is 13.6. The van der Waals surface area contributed by atoms with E-state index < -0.39 is 0 Å². The highest BCUT2D eigenvalue weighted by Gasteiger charge is 2.24. The molecule has 0 unspecified atom stereocenters. The minimum absolute atomic E-state index is 0.0783. The third kappa shape index (κ3) is 7.33. The van der Waals surface area contributed by atoms with Gasteiger partial charge in [0.15, 0.2) is 0 Å². The number of nitrogens with one attached hydrogen (secondary N) is 3. The van der Waals surface area contributed by atoms with E-state index in [2.05, 4.69) is 50.0 Å². The minimum Gasteiger partial charge on any atom is -0.497 e. The number of methoxy groups -OCH3 is 1. The van der Waals surface area contributed by atoms with Crippen LogP contribution >= 0.6 is 0 Å². The smallest absolute Gasteiger partial charge is 0.323 e. The first-order valence-corrected chi connectivity index (χ1v) is 14.3. The number of amides is 3. The highest BCUT2D eigenvalue weighted by Crippen LogP contribution is 2.28. The standard InChI is InChI=1S/C32H39N5O3/c1-40-28-14-8-13-26(21-28)34-32(39)35-27-15-16-30(29(22-27)31(38)33-25-11-6-3-7-12-25)37-19-17-36(18-20-37)23-24-9-4-2-5-10-24/h2,4-5,8-10,13-16,21-22,25H,3,6-7,11-12,17-20,23H2,1H3,(H,33,38)(H2,34,35,39). The van der Waals surface area contributed by atoms with Gasteiger partial charge in [-0.05, 0) is 48.7 Å². The van der Waals surface area contributed by atoms with Gasteiger partial charge in [0.2, 0.25) is 0 Å². The lowest BCUT2D eigenvalue weighted by Gasteiger charge is -2.37. The zero-order valence-electron chi connectivity index (χ0n) is 23.2. The van der Waals surface area contributed by atoms with E-state index in [9.17, 15) is 9.59 Å². The molecule has 8 nitrogen and oxygen atoms in total. The molecule has 2 fully saturated rings. The predicted octanol–water partition coefficient (Wildman–Crippen LogP) is 5.72. The van der Waals surface area contributed by atoms with Crippen molar-refractivity contribution in [1.82, 2.24) is 10.2 Å². The molecule has 1 saturated carbocycles. The van der Waals surface area contributed by atoms with Gasteiger partial charge in [0.05, 0.1) is 12.7 Å². The highest BCUT2D eigenvalue weighted by molar-refractivity contribution is 6.04. The van der Waals surface area contributed by atoms with Crippen LogP contribution in [-0.4, -0.2) is 56.2 Å². The first-order valence-electron chi connectivity index (χ1n) is 14.3. The molecular formula is C32H39N5O3. The summed E-state index contributed by atoms with van der Waals surface area (Å²) < 4.78 is 5.24. The molecule has 3 N–H and O–H groups in total. The van der Waals surface area contributed by atoms with Gasteiger partial charge in [0, 0.05) is 61.9 Å². The van der Waals surface area contributed by atoms with Crippen molar-refractivity contribution in [2.45, 2.75) is 44.7 Å². The molecule has 0 bridgehead atoms. The van der Waals surface area contributed by atoms with Crippen LogP contribution in [0.4, 0.5) is 21.9 Å². The second-order valence-corrected chi connectivity index (χ2v) is 10.6. The summed E-state index contributed by atoms with van der Waals surface area (Å²) in [6.07, 6.45) is 5.55. The van der Waals surface area contributed by atoms with Crippen LogP contribution in [0.5, 0.6) is 5.75 Å². The molecule has 3 aromatic rings. The topological polar surface area (TPSA) is 85.9 Å². The second-order valence-electron chi connectivity index (χ2n) is 10.6. The number of rotatable bonds is 8. The molecule has 5 rings (SSSR count). The summed E-state index contributed by atoms with van der Waals surface area (Å²) >= 11 is 0. The third-order valence-electron chi connectivity index (χ3n) is 7.73. The van der Waals surface area contributed by atoms with Crippen molar-refractivity contribution in [2.75, 3.05) is 48.8 Å². The van der Waals surface area contributed by atoms with E-state index in [4.69, 9.17) is 4.74 Å². The lowest BCUT2D eigenvalue weighted by Crippen LogP contribution is -2.46. The number of benzene rings is 3. The number of urea groups is 1. The van der Waals surface area contributed by atoms with Crippen molar-refractivity contribution in [3.8, 4) is 5.75 Å². The van der Waals surface area contributed by atoms with Crippen molar-refractivity contribution >= 4 is 29.0 Å². The Morgan fingerprint density at radius 2 is 1.55 bits per heavy atom. The summed E-state index contributed by atoms with van der Waals surface area (Å²) in [5, 5.41) is 9.00. The molecule has 1 aliphatic carbocycles. The Kier molecular flexibility index (Phi) is 9.18. The Morgan fingerprint density at radius 1 is 0.825 bits per heavy atom. The van der Waals surface area contributed by atoms with Gasteiger partial charge < -0.3 is 25.6 Å². The van der Waals surface area contributed by atoms with E-state index in [1.165, 1.54) is 12.0 Å². The maximum Gasteiger partial charge on any atom is 0.323 e.